The summed E-state index contributed by atoms with van der Waals surface area (Å²) in [6, 6.07) is 7.49. The van der Waals surface area contributed by atoms with E-state index in [0.29, 0.717) is 15.8 Å². The van der Waals surface area contributed by atoms with Gasteiger partial charge in [0, 0.05) is 16.2 Å². The topological polar surface area (TPSA) is 105 Å². The zero-order chi connectivity index (χ0) is 14.7. The van der Waals surface area contributed by atoms with Gasteiger partial charge in [-0.05, 0) is 50.1 Å². The highest BCUT2D eigenvalue weighted by Gasteiger charge is 2.10. The zero-order valence-corrected chi connectivity index (χ0v) is 11.5. The lowest BCUT2D eigenvalue weighted by Crippen LogP contribution is -2.00. The van der Waals surface area contributed by atoms with Gasteiger partial charge in [0.15, 0.2) is 6.20 Å². The summed E-state index contributed by atoms with van der Waals surface area (Å²) < 4.78 is 0.470. The second kappa shape index (κ2) is 5.66. The molecule has 0 aliphatic heterocycles. The van der Waals surface area contributed by atoms with Gasteiger partial charge in [-0.1, -0.05) is 0 Å². The number of anilines is 2. The third-order valence-electron chi connectivity index (χ3n) is 2.42. The predicted molar refractivity (Wildman–Crippen MR) is 75.3 cm³/mol. The normalized spacial score (nSPS) is 10.1. The van der Waals surface area contributed by atoms with Crippen molar-refractivity contribution in [1.82, 2.24) is 4.98 Å². The first kappa shape index (κ1) is 13.9. The Morgan fingerprint density at radius 2 is 2.00 bits per heavy atom. The fraction of sp³-hybridized carbons (Fsp3) is 0. The molecule has 2 aromatic rings. The van der Waals surface area contributed by atoms with E-state index in [1.54, 1.807) is 12.1 Å². The molecule has 0 saturated carbocycles. The van der Waals surface area contributed by atoms with E-state index >= 15 is 0 Å². The van der Waals surface area contributed by atoms with Crippen LogP contribution in [0.3, 0.4) is 0 Å². The van der Waals surface area contributed by atoms with E-state index in [0.717, 1.165) is 0 Å². The van der Waals surface area contributed by atoms with Crippen molar-refractivity contribution < 1.29 is 14.8 Å². The Balaban J connectivity index is 2.23. The number of hydrogen-bond acceptors (Lipinski definition) is 5. The molecule has 0 amide bonds. The molecular weight excluding hydrogens is 330 g/mol. The van der Waals surface area contributed by atoms with Gasteiger partial charge in [-0.2, -0.15) is 0 Å². The molecule has 0 spiro atoms. The van der Waals surface area contributed by atoms with E-state index in [4.69, 9.17) is 5.11 Å². The average molecular weight is 338 g/mol. The molecule has 0 aliphatic rings. The molecule has 0 saturated heterocycles. The van der Waals surface area contributed by atoms with Crippen molar-refractivity contribution in [1.29, 1.82) is 0 Å². The second-order valence-electron chi connectivity index (χ2n) is 3.79. The molecule has 0 radical (unpaired) electrons. The molecular formula is C12H8BrN3O4. The Bertz CT molecular complexity index is 673. The van der Waals surface area contributed by atoms with E-state index in [-0.39, 0.29) is 11.4 Å². The largest absolute Gasteiger partial charge is 0.478 e. The SMILES string of the molecule is O=C(O)c1cc(Nc2ccc([N+](=O)[O-])nc2)ccc1Br. The Morgan fingerprint density at radius 3 is 2.55 bits per heavy atom. The molecule has 7 nitrogen and oxygen atoms in total. The van der Waals surface area contributed by atoms with Crippen LogP contribution in [0.2, 0.25) is 0 Å². The minimum Gasteiger partial charge on any atom is -0.478 e. The molecule has 0 atom stereocenters. The van der Waals surface area contributed by atoms with Gasteiger partial charge in [0.05, 0.1) is 11.3 Å². The van der Waals surface area contributed by atoms with Gasteiger partial charge < -0.3 is 20.5 Å². The summed E-state index contributed by atoms with van der Waals surface area (Å²) in [4.78, 5) is 24.6. The standard InChI is InChI=1S/C12H8BrN3O4/c13-10-3-1-7(5-9(10)12(17)18)15-8-2-4-11(14-6-8)16(19)20/h1-6,15H,(H,17,18). The van der Waals surface area contributed by atoms with Crippen LogP contribution in [0.4, 0.5) is 17.2 Å². The highest BCUT2D eigenvalue weighted by molar-refractivity contribution is 9.10. The van der Waals surface area contributed by atoms with Crippen molar-refractivity contribution >= 4 is 39.1 Å². The van der Waals surface area contributed by atoms with E-state index in [2.05, 4.69) is 26.2 Å². The number of nitrogens with one attached hydrogen (secondary N) is 1. The first-order valence-corrected chi connectivity index (χ1v) is 6.17. The Kier molecular flexibility index (Phi) is 3.94. The number of carboxylic acid groups (broad SMARTS) is 1. The molecule has 20 heavy (non-hydrogen) atoms. The summed E-state index contributed by atoms with van der Waals surface area (Å²) in [7, 11) is 0. The van der Waals surface area contributed by atoms with Crippen LogP contribution >= 0.6 is 15.9 Å². The number of halogens is 1. The lowest BCUT2D eigenvalue weighted by Gasteiger charge is -2.07. The molecule has 2 rings (SSSR count). The maximum absolute atomic E-state index is 11.0. The smallest absolute Gasteiger partial charge is 0.363 e. The third kappa shape index (κ3) is 3.09. The van der Waals surface area contributed by atoms with Gasteiger partial charge >= 0.3 is 11.8 Å². The minimum absolute atomic E-state index is 0.116. The molecule has 0 bridgehead atoms. The van der Waals surface area contributed by atoms with Crippen LogP contribution in [-0.4, -0.2) is 21.0 Å². The highest BCUT2D eigenvalue weighted by atomic mass is 79.9. The quantitative estimate of drug-likeness (QED) is 0.655. The molecule has 2 N–H and O–H groups in total. The predicted octanol–water partition coefficient (Wildman–Crippen LogP) is 3.19. The number of hydrogen-bond donors (Lipinski definition) is 2. The average Bonchev–Trinajstić information content (AvgIpc) is 2.41. The first-order chi connectivity index (χ1) is 9.47. The summed E-state index contributed by atoms with van der Waals surface area (Å²) in [6.45, 7) is 0. The third-order valence-corrected chi connectivity index (χ3v) is 3.11. The zero-order valence-electron chi connectivity index (χ0n) is 9.91. The molecule has 8 heteroatoms. The van der Waals surface area contributed by atoms with Gasteiger partial charge in [0.2, 0.25) is 0 Å². The van der Waals surface area contributed by atoms with Gasteiger partial charge in [0.1, 0.15) is 0 Å². The number of benzene rings is 1. The fourth-order valence-corrected chi connectivity index (χ4v) is 1.92. The number of aromatic carboxylic acids is 1. The molecule has 0 unspecified atom stereocenters. The van der Waals surface area contributed by atoms with Crippen molar-refractivity contribution in [3.63, 3.8) is 0 Å². The van der Waals surface area contributed by atoms with Crippen LogP contribution in [-0.2, 0) is 0 Å². The number of rotatable bonds is 4. The van der Waals surface area contributed by atoms with Crippen LogP contribution < -0.4 is 5.32 Å². The molecule has 1 heterocycles. The molecule has 0 fully saturated rings. The number of pyridine rings is 1. The summed E-state index contributed by atoms with van der Waals surface area (Å²) >= 11 is 3.15. The molecule has 1 aromatic carbocycles. The van der Waals surface area contributed by atoms with Crippen LogP contribution in [0.25, 0.3) is 0 Å². The van der Waals surface area contributed by atoms with Crippen molar-refractivity contribution in [3.8, 4) is 0 Å². The minimum atomic E-state index is -1.05. The van der Waals surface area contributed by atoms with Crippen LogP contribution in [0, 0.1) is 10.1 Å². The van der Waals surface area contributed by atoms with Crippen molar-refractivity contribution in [3.05, 3.63) is 56.7 Å². The van der Waals surface area contributed by atoms with E-state index in [9.17, 15) is 14.9 Å². The first-order valence-electron chi connectivity index (χ1n) is 5.37. The fourth-order valence-electron chi connectivity index (χ4n) is 1.50. The Hall–Kier alpha value is -2.48. The molecule has 102 valence electrons. The van der Waals surface area contributed by atoms with Gasteiger partial charge in [-0.3, -0.25) is 0 Å². The van der Waals surface area contributed by atoms with E-state index in [1.807, 2.05) is 0 Å². The lowest BCUT2D eigenvalue weighted by molar-refractivity contribution is -0.389. The number of nitro groups is 1. The summed E-state index contributed by atoms with van der Waals surface area (Å²) in [6.07, 6.45) is 1.31. The highest BCUT2D eigenvalue weighted by Crippen LogP contribution is 2.24. The van der Waals surface area contributed by atoms with E-state index in [1.165, 1.54) is 24.4 Å². The van der Waals surface area contributed by atoms with Gasteiger partial charge in [-0.15, -0.1) is 0 Å². The van der Waals surface area contributed by atoms with Crippen LogP contribution in [0.15, 0.2) is 41.0 Å². The summed E-state index contributed by atoms with van der Waals surface area (Å²) in [5, 5.41) is 22.4. The second-order valence-corrected chi connectivity index (χ2v) is 4.64. The van der Waals surface area contributed by atoms with Crippen molar-refractivity contribution in [2.75, 3.05) is 5.32 Å². The molecule has 0 aliphatic carbocycles. The number of nitrogens with zero attached hydrogens (tertiary/aromatic N) is 2. The maximum atomic E-state index is 11.0. The molecule has 1 aromatic heterocycles. The van der Waals surface area contributed by atoms with E-state index < -0.39 is 10.9 Å². The lowest BCUT2D eigenvalue weighted by atomic mass is 10.2. The summed E-state index contributed by atoms with van der Waals surface area (Å²) in [5.41, 5.74) is 1.18. The maximum Gasteiger partial charge on any atom is 0.363 e. The monoisotopic (exact) mass is 337 g/mol. The summed E-state index contributed by atoms with van der Waals surface area (Å²) in [5.74, 6) is -1.31. The van der Waals surface area contributed by atoms with Crippen LogP contribution in [0.5, 0.6) is 0 Å². The van der Waals surface area contributed by atoms with Gasteiger partial charge in [0.25, 0.3) is 0 Å². The van der Waals surface area contributed by atoms with Crippen molar-refractivity contribution in [2.45, 2.75) is 0 Å². The van der Waals surface area contributed by atoms with Crippen LogP contribution in [0.1, 0.15) is 10.4 Å². The number of carbonyl (C=O) groups is 1. The number of carboxylic acids is 1. The van der Waals surface area contributed by atoms with Crippen molar-refractivity contribution in [2.24, 2.45) is 0 Å². The number of aromatic nitrogens is 1. The van der Waals surface area contributed by atoms with Gasteiger partial charge in [-0.25, -0.2) is 4.79 Å². The Labute approximate surface area is 121 Å². The Morgan fingerprint density at radius 1 is 1.30 bits per heavy atom.